The number of alkyl halides is 3. The van der Waals surface area contributed by atoms with Crippen molar-refractivity contribution in [2.24, 2.45) is 0 Å². The summed E-state index contributed by atoms with van der Waals surface area (Å²) < 4.78 is 46.2. The Hall–Kier alpha value is -2.25. The van der Waals surface area contributed by atoms with Crippen LogP contribution in [-0.2, 0) is 13.0 Å². The van der Waals surface area contributed by atoms with E-state index in [1.165, 1.54) is 0 Å². The fourth-order valence-electron chi connectivity index (χ4n) is 1.41. The van der Waals surface area contributed by atoms with Crippen molar-refractivity contribution in [3.05, 3.63) is 36.0 Å². The van der Waals surface area contributed by atoms with E-state index in [0.717, 1.165) is 0 Å². The lowest BCUT2D eigenvalue weighted by Gasteiger charge is -2.03. The number of ether oxygens (including phenoxy) is 1. The number of nitrogens with two attached hydrogens (primary N) is 1. The Kier molecular flexibility index (Phi) is 4.11. The molecule has 0 saturated heterocycles. The minimum Gasteiger partial charge on any atom is -0.484 e. The maximum absolute atomic E-state index is 12.0. The molecule has 0 atom stereocenters. The number of anilines is 1. The summed E-state index contributed by atoms with van der Waals surface area (Å²) in [5.74, 6) is 0.687. The number of halogens is 3. The van der Waals surface area contributed by atoms with E-state index in [-0.39, 0.29) is 24.7 Å². The van der Waals surface area contributed by atoms with Gasteiger partial charge in [0.15, 0.2) is 12.4 Å². The number of aryl methyl sites for hydroxylation is 1. The van der Waals surface area contributed by atoms with Gasteiger partial charge in [-0.15, -0.1) is 0 Å². The zero-order valence-corrected chi connectivity index (χ0v) is 10.4. The van der Waals surface area contributed by atoms with Gasteiger partial charge < -0.3 is 15.0 Å². The molecule has 1 heterocycles. The standard InChI is InChI=1S/C12H12F3N3O2/c13-12(14,15)6-5-10-17-11(20-18-10)7-19-9-3-1-8(16)2-4-9/h1-4H,5-7,16H2. The summed E-state index contributed by atoms with van der Waals surface area (Å²) >= 11 is 0. The van der Waals surface area contributed by atoms with Crippen molar-refractivity contribution in [3.8, 4) is 5.75 Å². The highest BCUT2D eigenvalue weighted by molar-refractivity contribution is 5.41. The first kappa shape index (κ1) is 14.2. The molecular weight excluding hydrogens is 275 g/mol. The van der Waals surface area contributed by atoms with Crippen LogP contribution >= 0.6 is 0 Å². The van der Waals surface area contributed by atoms with Crippen LogP contribution in [0.2, 0.25) is 0 Å². The molecule has 1 aromatic carbocycles. The van der Waals surface area contributed by atoms with Crippen LogP contribution in [0, 0.1) is 0 Å². The highest BCUT2D eigenvalue weighted by Crippen LogP contribution is 2.21. The third-order valence-electron chi connectivity index (χ3n) is 2.38. The number of rotatable bonds is 5. The van der Waals surface area contributed by atoms with E-state index in [2.05, 4.69) is 10.1 Å². The van der Waals surface area contributed by atoms with Crippen molar-refractivity contribution in [2.45, 2.75) is 25.6 Å². The SMILES string of the molecule is Nc1ccc(OCc2nc(CCC(F)(F)F)no2)cc1. The maximum Gasteiger partial charge on any atom is 0.389 e. The summed E-state index contributed by atoms with van der Waals surface area (Å²) in [7, 11) is 0. The third-order valence-corrected chi connectivity index (χ3v) is 2.38. The van der Waals surface area contributed by atoms with Crippen molar-refractivity contribution in [3.63, 3.8) is 0 Å². The molecule has 2 aromatic rings. The minimum absolute atomic E-state index is 0.0110. The van der Waals surface area contributed by atoms with Gasteiger partial charge in [0.1, 0.15) is 5.75 Å². The van der Waals surface area contributed by atoms with E-state index < -0.39 is 12.6 Å². The van der Waals surface area contributed by atoms with Gasteiger partial charge in [-0.2, -0.15) is 18.2 Å². The summed E-state index contributed by atoms with van der Waals surface area (Å²) in [6, 6.07) is 6.66. The van der Waals surface area contributed by atoms with E-state index in [4.69, 9.17) is 15.0 Å². The van der Waals surface area contributed by atoms with Crippen molar-refractivity contribution in [1.29, 1.82) is 0 Å². The second kappa shape index (κ2) is 5.81. The lowest BCUT2D eigenvalue weighted by atomic mass is 10.3. The van der Waals surface area contributed by atoms with Gasteiger partial charge in [-0.3, -0.25) is 0 Å². The summed E-state index contributed by atoms with van der Waals surface area (Å²) in [6.07, 6.45) is -5.53. The first-order valence-electron chi connectivity index (χ1n) is 5.79. The predicted octanol–water partition coefficient (Wildman–Crippen LogP) is 2.73. The van der Waals surface area contributed by atoms with Crippen molar-refractivity contribution < 1.29 is 22.4 Å². The zero-order chi connectivity index (χ0) is 14.6. The Morgan fingerprint density at radius 2 is 1.90 bits per heavy atom. The van der Waals surface area contributed by atoms with Crippen LogP contribution in [0.1, 0.15) is 18.1 Å². The third kappa shape index (κ3) is 4.45. The van der Waals surface area contributed by atoms with Crippen LogP contribution in [-0.4, -0.2) is 16.3 Å². The lowest BCUT2D eigenvalue weighted by Crippen LogP contribution is -2.09. The largest absolute Gasteiger partial charge is 0.484 e. The molecule has 108 valence electrons. The second-order valence-electron chi connectivity index (χ2n) is 4.08. The molecular formula is C12H12F3N3O2. The van der Waals surface area contributed by atoms with Crippen LogP contribution in [0.15, 0.2) is 28.8 Å². The number of benzene rings is 1. The zero-order valence-electron chi connectivity index (χ0n) is 10.4. The molecule has 0 aliphatic carbocycles. The van der Waals surface area contributed by atoms with Gasteiger partial charge >= 0.3 is 6.18 Å². The highest BCUT2D eigenvalue weighted by atomic mass is 19.4. The molecule has 1 aromatic heterocycles. The molecule has 0 bridgehead atoms. The Labute approximate surface area is 112 Å². The number of nitrogens with zero attached hydrogens (tertiary/aromatic N) is 2. The van der Waals surface area contributed by atoms with Gasteiger partial charge in [-0.05, 0) is 24.3 Å². The predicted molar refractivity (Wildman–Crippen MR) is 63.9 cm³/mol. The Morgan fingerprint density at radius 3 is 2.55 bits per heavy atom. The van der Waals surface area contributed by atoms with Gasteiger partial charge in [0.25, 0.3) is 5.89 Å². The van der Waals surface area contributed by atoms with Gasteiger partial charge in [-0.25, -0.2) is 0 Å². The van der Waals surface area contributed by atoms with Crippen molar-refractivity contribution >= 4 is 5.69 Å². The second-order valence-corrected chi connectivity index (χ2v) is 4.08. The maximum atomic E-state index is 12.0. The van der Waals surface area contributed by atoms with E-state index >= 15 is 0 Å². The topological polar surface area (TPSA) is 74.2 Å². The van der Waals surface area contributed by atoms with Crippen LogP contribution < -0.4 is 10.5 Å². The molecule has 5 nitrogen and oxygen atoms in total. The van der Waals surface area contributed by atoms with Crippen LogP contribution in [0.4, 0.5) is 18.9 Å². The fraction of sp³-hybridized carbons (Fsp3) is 0.333. The molecule has 0 fully saturated rings. The smallest absolute Gasteiger partial charge is 0.389 e. The number of nitrogen functional groups attached to an aromatic ring is 1. The molecule has 0 spiro atoms. The van der Waals surface area contributed by atoms with E-state index in [1.807, 2.05) is 0 Å². The van der Waals surface area contributed by atoms with Crippen LogP contribution in [0.3, 0.4) is 0 Å². The Bertz CT molecular complexity index is 552. The average molecular weight is 287 g/mol. The molecule has 8 heteroatoms. The molecule has 2 N–H and O–H groups in total. The lowest BCUT2D eigenvalue weighted by molar-refractivity contribution is -0.134. The van der Waals surface area contributed by atoms with Crippen LogP contribution in [0.25, 0.3) is 0 Å². The molecule has 20 heavy (non-hydrogen) atoms. The molecule has 0 amide bonds. The molecule has 0 radical (unpaired) electrons. The monoisotopic (exact) mass is 287 g/mol. The number of hydrogen-bond acceptors (Lipinski definition) is 5. The summed E-state index contributed by atoms with van der Waals surface area (Å²) in [4.78, 5) is 3.82. The number of aromatic nitrogens is 2. The van der Waals surface area contributed by atoms with Crippen LogP contribution in [0.5, 0.6) is 5.75 Å². The van der Waals surface area contributed by atoms with Gasteiger partial charge in [0.2, 0.25) is 0 Å². The fourth-order valence-corrected chi connectivity index (χ4v) is 1.41. The van der Waals surface area contributed by atoms with Crippen molar-refractivity contribution in [2.75, 3.05) is 5.73 Å². The van der Waals surface area contributed by atoms with E-state index in [0.29, 0.717) is 11.4 Å². The van der Waals surface area contributed by atoms with E-state index in [9.17, 15) is 13.2 Å². The molecule has 0 saturated carbocycles. The minimum atomic E-state index is -4.23. The Morgan fingerprint density at radius 1 is 1.20 bits per heavy atom. The van der Waals surface area contributed by atoms with Gasteiger partial charge in [0.05, 0.1) is 6.42 Å². The molecule has 0 aliphatic rings. The average Bonchev–Trinajstić information content (AvgIpc) is 2.83. The first-order chi connectivity index (χ1) is 9.42. The number of hydrogen-bond donors (Lipinski definition) is 1. The molecule has 2 rings (SSSR count). The van der Waals surface area contributed by atoms with Crippen molar-refractivity contribution in [1.82, 2.24) is 10.1 Å². The summed E-state index contributed by atoms with van der Waals surface area (Å²) in [5, 5.41) is 3.46. The normalized spacial score (nSPS) is 11.6. The summed E-state index contributed by atoms with van der Waals surface area (Å²) in [6.45, 7) is -0.0110. The molecule has 0 unspecified atom stereocenters. The quantitative estimate of drug-likeness (QED) is 0.856. The highest BCUT2D eigenvalue weighted by Gasteiger charge is 2.27. The summed E-state index contributed by atoms with van der Waals surface area (Å²) in [5.41, 5.74) is 6.12. The first-order valence-corrected chi connectivity index (χ1v) is 5.79. The molecule has 0 aliphatic heterocycles. The van der Waals surface area contributed by atoms with Gasteiger partial charge in [-0.1, -0.05) is 5.16 Å². The van der Waals surface area contributed by atoms with Gasteiger partial charge in [0, 0.05) is 12.1 Å². The Balaban J connectivity index is 1.85. The van der Waals surface area contributed by atoms with E-state index in [1.54, 1.807) is 24.3 Å².